The second-order valence-electron chi connectivity index (χ2n) is 2.43. The number of thiophene rings is 1. The monoisotopic (exact) mass is 252 g/mol. The van der Waals surface area contributed by atoms with Crippen LogP contribution in [0.1, 0.15) is 10.9 Å². The molecule has 1 aromatic heterocycles. The van der Waals surface area contributed by atoms with Crippen molar-refractivity contribution >= 4 is 34.7 Å². The van der Waals surface area contributed by atoms with Crippen molar-refractivity contribution in [2.75, 3.05) is 7.11 Å². The Kier molecular flexibility index (Phi) is 5.20. The summed E-state index contributed by atoms with van der Waals surface area (Å²) >= 11 is 0.868. The molecule has 0 aliphatic rings. The number of nitrogens with two attached hydrogens (primary N) is 1. The molecule has 0 unspecified atom stereocenters. The third-order valence-corrected chi connectivity index (χ3v) is 2.67. The number of nitrogens with zero attached hydrogens (tertiary/aromatic N) is 1. The maximum absolute atomic E-state index is 11.0. The van der Waals surface area contributed by atoms with E-state index >= 15 is 0 Å². The third-order valence-electron chi connectivity index (χ3n) is 1.55. The van der Waals surface area contributed by atoms with E-state index in [0.29, 0.717) is 4.88 Å². The molecule has 84 valence electrons. The van der Waals surface area contributed by atoms with Crippen LogP contribution in [0.15, 0.2) is 12.1 Å². The summed E-state index contributed by atoms with van der Waals surface area (Å²) in [4.78, 5) is 21.2. The van der Waals surface area contributed by atoms with Crippen LogP contribution in [0.5, 0.6) is 0 Å². The molecule has 15 heavy (non-hydrogen) atoms. The van der Waals surface area contributed by atoms with E-state index in [2.05, 4.69) is 4.74 Å². The maximum atomic E-state index is 11.0. The summed E-state index contributed by atoms with van der Waals surface area (Å²) in [6.07, 6.45) is 0. The maximum Gasteiger partial charge on any atom is 0.328 e. The van der Waals surface area contributed by atoms with Crippen LogP contribution >= 0.6 is 23.7 Å². The van der Waals surface area contributed by atoms with Crippen LogP contribution < -0.4 is 5.73 Å². The Hall–Kier alpha value is -1.18. The first-order valence-electron chi connectivity index (χ1n) is 3.63. The molecule has 0 aliphatic heterocycles. The topological polar surface area (TPSA) is 95.5 Å². The fourth-order valence-corrected chi connectivity index (χ4v) is 1.66. The molecule has 0 amide bonds. The summed E-state index contributed by atoms with van der Waals surface area (Å²) in [5.41, 5.74) is 5.48. The van der Waals surface area contributed by atoms with Crippen LogP contribution in [-0.2, 0) is 9.53 Å². The minimum Gasteiger partial charge on any atom is -0.468 e. The average Bonchev–Trinajstić information content (AvgIpc) is 2.64. The van der Waals surface area contributed by atoms with E-state index in [1.54, 1.807) is 0 Å². The van der Waals surface area contributed by atoms with Gasteiger partial charge in [0, 0.05) is 10.9 Å². The fraction of sp³-hybridized carbons (Fsp3) is 0.286. The molecule has 0 radical (unpaired) electrons. The quantitative estimate of drug-likeness (QED) is 0.496. The Bertz CT molecular complexity index is 368. The van der Waals surface area contributed by atoms with E-state index in [-0.39, 0.29) is 17.4 Å². The van der Waals surface area contributed by atoms with Gasteiger partial charge >= 0.3 is 11.0 Å². The van der Waals surface area contributed by atoms with Gasteiger partial charge in [0.2, 0.25) is 0 Å². The largest absolute Gasteiger partial charge is 0.468 e. The fourth-order valence-electron chi connectivity index (χ4n) is 0.851. The third kappa shape index (κ3) is 3.15. The molecule has 1 atom stereocenters. The lowest BCUT2D eigenvalue weighted by atomic mass is 10.2. The lowest BCUT2D eigenvalue weighted by Gasteiger charge is -2.04. The van der Waals surface area contributed by atoms with E-state index < -0.39 is 16.9 Å². The molecule has 0 bridgehead atoms. The van der Waals surface area contributed by atoms with Crippen LogP contribution in [-0.4, -0.2) is 18.0 Å². The van der Waals surface area contributed by atoms with Gasteiger partial charge in [0.15, 0.2) is 0 Å². The molecule has 1 heterocycles. The molecule has 1 rings (SSSR count). The Labute approximate surface area is 95.6 Å². The number of halogens is 1. The number of hydrogen-bond donors (Lipinski definition) is 1. The van der Waals surface area contributed by atoms with Gasteiger partial charge in [-0.25, -0.2) is 4.79 Å². The number of ether oxygens (including phenoxy) is 1. The lowest BCUT2D eigenvalue weighted by molar-refractivity contribution is -0.380. The Morgan fingerprint density at radius 1 is 1.67 bits per heavy atom. The first-order chi connectivity index (χ1) is 6.56. The molecule has 0 fully saturated rings. The smallest absolute Gasteiger partial charge is 0.328 e. The van der Waals surface area contributed by atoms with Gasteiger partial charge in [-0.05, 0) is 6.07 Å². The van der Waals surface area contributed by atoms with Crippen LogP contribution in [0, 0.1) is 10.1 Å². The van der Waals surface area contributed by atoms with Crippen molar-refractivity contribution in [2.45, 2.75) is 6.04 Å². The van der Waals surface area contributed by atoms with E-state index in [1.165, 1.54) is 19.2 Å². The van der Waals surface area contributed by atoms with E-state index in [1.807, 2.05) is 0 Å². The summed E-state index contributed by atoms with van der Waals surface area (Å²) in [5, 5.41) is 10.3. The molecule has 2 N–H and O–H groups in total. The summed E-state index contributed by atoms with van der Waals surface area (Å²) in [6, 6.07) is 1.81. The van der Waals surface area contributed by atoms with Gasteiger partial charge in [0.25, 0.3) is 0 Å². The molecule has 0 aliphatic carbocycles. The number of rotatable bonds is 3. The van der Waals surface area contributed by atoms with Gasteiger partial charge in [-0.3, -0.25) is 10.1 Å². The summed E-state index contributed by atoms with van der Waals surface area (Å²) in [7, 11) is 1.21. The summed E-state index contributed by atoms with van der Waals surface area (Å²) in [5.74, 6) is -0.609. The predicted molar refractivity (Wildman–Crippen MR) is 57.2 cm³/mol. The zero-order valence-corrected chi connectivity index (χ0v) is 9.34. The van der Waals surface area contributed by atoms with E-state index in [9.17, 15) is 14.9 Å². The Morgan fingerprint density at radius 3 is 2.67 bits per heavy atom. The van der Waals surface area contributed by atoms with Crippen molar-refractivity contribution in [3.05, 3.63) is 27.1 Å². The molecular formula is C7H9ClN2O4S. The molecule has 0 aromatic carbocycles. The molecule has 6 nitrogen and oxygen atoms in total. The van der Waals surface area contributed by atoms with Gasteiger partial charge < -0.3 is 10.5 Å². The van der Waals surface area contributed by atoms with E-state index in [4.69, 9.17) is 5.73 Å². The molecule has 8 heteroatoms. The van der Waals surface area contributed by atoms with Gasteiger partial charge in [-0.2, -0.15) is 0 Å². The zero-order chi connectivity index (χ0) is 10.7. The molecule has 0 spiro atoms. The van der Waals surface area contributed by atoms with Crippen molar-refractivity contribution in [3.8, 4) is 0 Å². The molecule has 0 saturated heterocycles. The molecule has 1 aromatic rings. The number of esters is 1. The summed E-state index contributed by atoms with van der Waals surface area (Å²) in [6.45, 7) is 0. The number of carbonyl (C=O) groups is 1. The van der Waals surface area contributed by atoms with Gasteiger partial charge in [0.1, 0.15) is 6.04 Å². The highest BCUT2D eigenvalue weighted by atomic mass is 35.5. The van der Waals surface area contributed by atoms with Crippen molar-refractivity contribution in [2.24, 2.45) is 5.73 Å². The normalized spacial score (nSPS) is 11.3. The SMILES string of the molecule is COC(=O)[C@H](N)c1ccc([N+](=O)[O-])s1.Cl. The van der Waals surface area contributed by atoms with Crippen LogP contribution in [0.2, 0.25) is 0 Å². The minimum atomic E-state index is -0.946. The van der Waals surface area contributed by atoms with Crippen LogP contribution in [0.4, 0.5) is 5.00 Å². The Balaban J connectivity index is 0.00000196. The first-order valence-corrected chi connectivity index (χ1v) is 4.45. The molecular weight excluding hydrogens is 244 g/mol. The van der Waals surface area contributed by atoms with Gasteiger partial charge in [-0.1, -0.05) is 11.3 Å². The predicted octanol–water partition coefficient (Wildman–Crippen LogP) is 1.25. The highest BCUT2D eigenvalue weighted by molar-refractivity contribution is 7.15. The molecule has 0 saturated carbocycles. The first kappa shape index (κ1) is 13.8. The number of methoxy groups -OCH3 is 1. The number of nitro groups is 1. The van der Waals surface area contributed by atoms with Crippen molar-refractivity contribution < 1.29 is 14.5 Å². The van der Waals surface area contributed by atoms with Crippen molar-refractivity contribution in [1.82, 2.24) is 0 Å². The van der Waals surface area contributed by atoms with Crippen LogP contribution in [0.25, 0.3) is 0 Å². The zero-order valence-electron chi connectivity index (χ0n) is 7.71. The van der Waals surface area contributed by atoms with Gasteiger partial charge in [0.05, 0.1) is 12.0 Å². The average molecular weight is 253 g/mol. The second kappa shape index (κ2) is 5.64. The highest BCUT2D eigenvalue weighted by Crippen LogP contribution is 2.28. The van der Waals surface area contributed by atoms with Crippen LogP contribution in [0.3, 0.4) is 0 Å². The van der Waals surface area contributed by atoms with Gasteiger partial charge in [-0.15, -0.1) is 12.4 Å². The summed E-state index contributed by atoms with van der Waals surface area (Å²) < 4.78 is 4.41. The van der Waals surface area contributed by atoms with E-state index in [0.717, 1.165) is 11.3 Å². The highest BCUT2D eigenvalue weighted by Gasteiger charge is 2.21. The Morgan fingerprint density at radius 2 is 2.27 bits per heavy atom. The minimum absolute atomic E-state index is 0. The lowest BCUT2D eigenvalue weighted by Crippen LogP contribution is -2.21. The van der Waals surface area contributed by atoms with Crippen molar-refractivity contribution in [1.29, 1.82) is 0 Å². The number of carbonyl (C=O) groups excluding carboxylic acids is 1. The second-order valence-corrected chi connectivity index (χ2v) is 3.53. The number of hydrogen-bond acceptors (Lipinski definition) is 6. The standard InChI is InChI=1S/C7H8N2O4S.ClH/c1-13-7(10)6(8)4-2-3-5(14-4)9(11)12;/h2-3,6H,8H2,1H3;1H/t6-;/m1./s1. The van der Waals surface area contributed by atoms with Crippen molar-refractivity contribution in [3.63, 3.8) is 0 Å².